The molecule has 0 aliphatic rings. The second kappa shape index (κ2) is 8.48. The number of esters is 1. The monoisotopic (exact) mass is 389 g/mol. The largest absolute Gasteiger partial charge is 0.467 e. The molecule has 1 N–H and O–H groups in total. The van der Waals surface area contributed by atoms with Crippen molar-refractivity contribution in [3.8, 4) is 0 Å². The highest BCUT2D eigenvalue weighted by Gasteiger charge is 2.24. The summed E-state index contributed by atoms with van der Waals surface area (Å²) in [6.07, 6.45) is 0.369. The molecule has 0 saturated heterocycles. The quantitative estimate of drug-likeness (QED) is 0.646. The lowest BCUT2D eigenvalue weighted by molar-refractivity contribution is -0.142. The molecule has 0 fully saturated rings. The van der Waals surface area contributed by atoms with Crippen LogP contribution >= 0.6 is 0 Å². The molecule has 3 rings (SSSR count). The molecule has 0 radical (unpaired) electrons. The molecule has 0 spiro atoms. The fourth-order valence-corrected chi connectivity index (χ4v) is 3.37. The van der Waals surface area contributed by atoms with E-state index in [2.05, 4.69) is 38.2 Å². The molecule has 1 atom stereocenters. The van der Waals surface area contributed by atoms with Gasteiger partial charge >= 0.3 is 5.97 Å². The number of amides is 1. The summed E-state index contributed by atoms with van der Waals surface area (Å²) in [5.41, 5.74) is 2.78. The normalized spacial score (nSPS) is 12.4. The predicted molar refractivity (Wildman–Crippen MR) is 116 cm³/mol. The predicted octanol–water partition coefficient (Wildman–Crippen LogP) is 4.65. The van der Waals surface area contributed by atoms with Gasteiger partial charge in [0.25, 0.3) is 5.91 Å². The highest BCUT2D eigenvalue weighted by atomic mass is 16.5. The molecule has 0 aliphatic heterocycles. The van der Waals surface area contributed by atoms with E-state index in [4.69, 9.17) is 4.74 Å². The van der Waals surface area contributed by atoms with E-state index < -0.39 is 12.0 Å². The highest BCUT2D eigenvalue weighted by Crippen LogP contribution is 2.23. The zero-order chi connectivity index (χ0) is 21.0. The fraction of sp³-hybridized carbons (Fsp3) is 0.280. The molecule has 0 unspecified atom stereocenters. The maximum atomic E-state index is 12.9. The Morgan fingerprint density at radius 1 is 0.931 bits per heavy atom. The van der Waals surface area contributed by atoms with Crippen LogP contribution in [0.25, 0.3) is 10.8 Å². The average Bonchev–Trinajstić information content (AvgIpc) is 2.72. The molecule has 0 bridgehead atoms. The lowest BCUT2D eigenvalue weighted by atomic mass is 9.86. The lowest BCUT2D eigenvalue weighted by Crippen LogP contribution is -2.43. The van der Waals surface area contributed by atoms with Gasteiger partial charge in [-0.2, -0.15) is 0 Å². The number of benzene rings is 3. The zero-order valence-electron chi connectivity index (χ0n) is 17.4. The Balaban J connectivity index is 1.82. The third-order valence-corrected chi connectivity index (χ3v) is 5.09. The lowest BCUT2D eigenvalue weighted by Gasteiger charge is -2.20. The number of carbonyl (C=O) groups is 2. The molecular formula is C25H27NO3. The van der Waals surface area contributed by atoms with Crippen molar-refractivity contribution < 1.29 is 14.3 Å². The van der Waals surface area contributed by atoms with Crippen LogP contribution in [0, 0.1) is 0 Å². The maximum absolute atomic E-state index is 12.9. The molecule has 3 aromatic carbocycles. The Kier molecular flexibility index (Phi) is 6.02. The van der Waals surface area contributed by atoms with E-state index >= 15 is 0 Å². The molecule has 4 nitrogen and oxygen atoms in total. The first-order chi connectivity index (χ1) is 13.8. The molecule has 4 heteroatoms. The van der Waals surface area contributed by atoms with Crippen molar-refractivity contribution in [1.29, 1.82) is 0 Å². The van der Waals surface area contributed by atoms with Crippen LogP contribution in [-0.4, -0.2) is 25.0 Å². The summed E-state index contributed by atoms with van der Waals surface area (Å²) in [5, 5.41) is 4.69. The van der Waals surface area contributed by atoms with Gasteiger partial charge in [0.1, 0.15) is 6.04 Å². The number of nitrogens with one attached hydrogen (secondary N) is 1. The minimum absolute atomic E-state index is 0.0584. The SMILES string of the molecule is COC(=O)[C@H](Cc1ccc(C(C)(C)C)cc1)NC(=O)c1cccc2ccccc12. The third-order valence-electron chi connectivity index (χ3n) is 5.09. The van der Waals surface area contributed by atoms with E-state index in [9.17, 15) is 9.59 Å². The van der Waals surface area contributed by atoms with Crippen molar-refractivity contribution >= 4 is 22.6 Å². The van der Waals surface area contributed by atoms with Crippen molar-refractivity contribution in [3.63, 3.8) is 0 Å². The molecule has 1 amide bonds. The van der Waals surface area contributed by atoms with Crippen LogP contribution in [0.1, 0.15) is 42.3 Å². The van der Waals surface area contributed by atoms with Gasteiger partial charge < -0.3 is 10.1 Å². The molecule has 0 aliphatic carbocycles. The number of fused-ring (bicyclic) bond motifs is 1. The van der Waals surface area contributed by atoms with E-state index in [1.165, 1.54) is 12.7 Å². The molecule has 0 heterocycles. The molecule has 150 valence electrons. The summed E-state index contributed by atoms with van der Waals surface area (Å²) < 4.78 is 4.93. The Hall–Kier alpha value is -3.14. The number of methoxy groups -OCH3 is 1. The van der Waals surface area contributed by atoms with E-state index in [1.54, 1.807) is 6.07 Å². The fourth-order valence-electron chi connectivity index (χ4n) is 3.37. The third kappa shape index (κ3) is 4.83. The van der Waals surface area contributed by atoms with E-state index in [0.717, 1.165) is 16.3 Å². The standard InChI is InChI=1S/C25H27NO3/c1-25(2,3)19-14-12-17(13-15-19)16-22(24(28)29-4)26-23(27)21-11-7-9-18-8-5-6-10-20(18)21/h5-15,22H,16H2,1-4H3,(H,26,27)/t22-/m0/s1. The van der Waals surface area contributed by atoms with Crippen LogP contribution in [0.5, 0.6) is 0 Å². The zero-order valence-corrected chi connectivity index (χ0v) is 17.4. The number of ether oxygens (including phenoxy) is 1. The summed E-state index contributed by atoms with van der Waals surface area (Å²) in [6.45, 7) is 6.47. The second-order valence-electron chi connectivity index (χ2n) is 8.23. The molecule has 0 aromatic heterocycles. The summed E-state index contributed by atoms with van der Waals surface area (Å²) in [4.78, 5) is 25.3. The maximum Gasteiger partial charge on any atom is 0.328 e. The summed E-state index contributed by atoms with van der Waals surface area (Å²) in [5.74, 6) is -0.748. The van der Waals surface area contributed by atoms with Gasteiger partial charge in [0, 0.05) is 12.0 Å². The average molecular weight is 389 g/mol. The van der Waals surface area contributed by atoms with Gasteiger partial charge in [-0.15, -0.1) is 0 Å². The minimum Gasteiger partial charge on any atom is -0.467 e. The Bertz CT molecular complexity index is 1010. The second-order valence-corrected chi connectivity index (χ2v) is 8.23. The highest BCUT2D eigenvalue weighted by molar-refractivity contribution is 6.08. The van der Waals surface area contributed by atoms with Crippen molar-refractivity contribution in [1.82, 2.24) is 5.32 Å². The summed E-state index contributed by atoms with van der Waals surface area (Å²) in [7, 11) is 1.34. The first-order valence-electron chi connectivity index (χ1n) is 9.75. The van der Waals surface area contributed by atoms with Gasteiger partial charge in [0.2, 0.25) is 0 Å². The summed E-state index contributed by atoms with van der Waals surface area (Å²) in [6, 6.07) is 20.6. The Morgan fingerprint density at radius 2 is 1.59 bits per heavy atom. The van der Waals surface area contributed by atoms with Gasteiger partial charge in [-0.25, -0.2) is 4.79 Å². The Morgan fingerprint density at radius 3 is 2.24 bits per heavy atom. The van der Waals surface area contributed by atoms with Gasteiger partial charge in [0.15, 0.2) is 0 Å². The smallest absolute Gasteiger partial charge is 0.328 e. The number of hydrogen-bond donors (Lipinski definition) is 1. The van der Waals surface area contributed by atoms with Gasteiger partial charge in [0.05, 0.1) is 7.11 Å². The number of hydrogen-bond acceptors (Lipinski definition) is 3. The summed E-state index contributed by atoms with van der Waals surface area (Å²) >= 11 is 0. The van der Waals surface area contributed by atoms with E-state index in [1.807, 2.05) is 48.5 Å². The van der Waals surface area contributed by atoms with Crippen LogP contribution in [0.2, 0.25) is 0 Å². The number of carbonyl (C=O) groups excluding carboxylic acids is 2. The Labute approximate surface area is 171 Å². The van der Waals surface area contributed by atoms with E-state index in [0.29, 0.717) is 12.0 Å². The topological polar surface area (TPSA) is 55.4 Å². The molecule has 0 saturated carbocycles. The van der Waals surface area contributed by atoms with Crippen molar-refractivity contribution in [2.45, 2.75) is 38.6 Å². The van der Waals surface area contributed by atoms with Crippen LogP contribution < -0.4 is 5.32 Å². The van der Waals surface area contributed by atoms with Crippen LogP contribution in [0.4, 0.5) is 0 Å². The van der Waals surface area contributed by atoms with Crippen molar-refractivity contribution in [3.05, 3.63) is 83.4 Å². The van der Waals surface area contributed by atoms with Crippen LogP contribution in [-0.2, 0) is 21.4 Å². The van der Waals surface area contributed by atoms with Crippen molar-refractivity contribution in [2.75, 3.05) is 7.11 Å². The van der Waals surface area contributed by atoms with Crippen molar-refractivity contribution in [2.24, 2.45) is 0 Å². The van der Waals surface area contributed by atoms with Gasteiger partial charge in [-0.1, -0.05) is 81.4 Å². The first-order valence-corrected chi connectivity index (χ1v) is 9.75. The first kappa shape index (κ1) is 20.6. The van der Waals surface area contributed by atoms with Gasteiger partial charge in [-0.3, -0.25) is 4.79 Å². The van der Waals surface area contributed by atoms with E-state index in [-0.39, 0.29) is 11.3 Å². The van der Waals surface area contributed by atoms with Crippen LogP contribution in [0.15, 0.2) is 66.7 Å². The number of rotatable bonds is 5. The molecule has 3 aromatic rings. The molecular weight excluding hydrogens is 362 g/mol. The van der Waals surface area contributed by atoms with Crippen LogP contribution in [0.3, 0.4) is 0 Å². The molecule has 29 heavy (non-hydrogen) atoms. The van der Waals surface area contributed by atoms with Gasteiger partial charge in [-0.05, 0) is 33.4 Å². The minimum atomic E-state index is -0.757.